The molecule has 0 aliphatic heterocycles. The summed E-state index contributed by atoms with van der Waals surface area (Å²) in [5.41, 5.74) is 1.83. The predicted molar refractivity (Wildman–Crippen MR) is 87.8 cm³/mol. The molecule has 1 saturated carbocycles. The zero-order valence-corrected chi connectivity index (χ0v) is 13.7. The maximum atomic E-state index is 12.2. The molecule has 0 unspecified atom stereocenters. The molecule has 0 saturated heterocycles. The monoisotopic (exact) mass is 343 g/mol. The van der Waals surface area contributed by atoms with Crippen molar-refractivity contribution in [3.63, 3.8) is 0 Å². The van der Waals surface area contributed by atoms with Gasteiger partial charge >= 0.3 is 5.97 Å². The van der Waals surface area contributed by atoms with Crippen LogP contribution in [-0.2, 0) is 4.74 Å². The third-order valence-electron chi connectivity index (χ3n) is 3.93. The molecule has 1 aliphatic rings. The van der Waals surface area contributed by atoms with Crippen LogP contribution in [0.25, 0.3) is 5.65 Å². The maximum absolute atomic E-state index is 12.2. The van der Waals surface area contributed by atoms with Crippen LogP contribution in [0.15, 0.2) is 36.5 Å². The largest absolute Gasteiger partial charge is 0.464 e. The summed E-state index contributed by atoms with van der Waals surface area (Å²) in [6, 6.07) is 9.41. The lowest BCUT2D eigenvalue weighted by Gasteiger charge is -2.11. The van der Waals surface area contributed by atoms with E-state index in [9.17, 15) is 4.79 Å². The van der Waals surface area contributed by atoms with E-state index in [2.05, 4.69) is 16.1 Å². The van der Waals surface area contributed by atoms with E-state index in [0.29, 0.717) is 17.3 Å². The lowest BCUT2D eigenvalue weighted by molar-refractivity contribution is 0.0587. The molecule has 3 aromatic rings. The Balaban J connectivity index is 1.78. The summed E-state index contributed by atoms with van der Waals surface area (Å²) in [5.74, 6) is 0.945. The average Bonchev–Trinajstić information content (AvgIpc) is 3.36. The third kappa shape index (κ3) is 2.69. The second-order valence-corrected chi connectivity index (χ2v) is 6.04. The molecule has 0 bridgehead atoms. The molecular weight excluding hydrogens is 330 g/mol. The molecule has 0 spiro atoms. The number of benzene rings is 1. The van der Waals surface area contributed by atoms with Crippen molar-refractivity contribution in [1.82, 2.24) is 14.6 Å². The van der Waals surface area contributed by atoms with Crippen LogP contribution in [0, 0.1) is 0 Å². The number of carbonyl (C=O) groups excluding carboxylic acids is 1. The number of hydrogen-bond donors (Lipinski definition) is 0. The van der Waals surface area contributed by atoms with Gasteiger partial charge in [0.2, 0.25) is 0 Å². The van der Waals surface area contributed by atoms with Crippen LogP contribution in [0.5, 0.6) is 11.5 Å². The van der Waals surface area contributed by atoms with Crippen molar-refractivity contribution >= 4 is 23.2 Å². The molecule has 122 valence electrons. The highest BCUT2D eigenvalue weighted by atomic mass is 35.5. The maximum Gasteiger partial charge on any atom is 0.360 e. The number of carbonyl (C=O) groups is 1. The van der Waals surface area contributed by atoms with E-state index in [1.54, 1.807) is 6.07 Å². The summed E-state index contributed by atoms with van der Waals surface area (Å²) < 4.78 is 12.1. The molecule has 1 aromatic carbocycles. The van der Waals surface area contributed by atoms with E-state index >= 15 is 0 Å². The van der Waals surface area contributed by atoms with Gasteiger partial charge in [0, 0.05) is 6.07 Å². The molecule has 7 heteroatoms. The molecule has 6 nitrogen and oxygen atoms in total. The molecule has 1 aliphatic carbocycles. The van der Waals surface area contributed by atoms with E-state index in [0.717, 1.165) is 0 Å². The Morgan fingerprint density at radius 1 is 1.33 bits per heavy atom. The quantitative estimate of drug-likeness (QED) is 0.673. The Morgan fingerprint density at radius 2 is 2.17 bits per heavy atom. The minimum absolute atomic E-state index is 0.145. The lowest BCUT2D eigenvalue weighted by atomic mass is 10.1. The SMILES string of the molecule is COC(=O)c1c(Oc2cccc(C3CC3)c2)cnc2cc(Cl)nn12. The fourth-order valence-electron chi connectivity index (χ4n) is 2.62. The smallest absolute Gasteiger partial charge is 0.360 e. The number of nitrogens with zero attached hydrogens (tertiary/aromatic N) is 3. The van der Waals surface area contributed by atoms with Crippen LogP contribution in [0.4, 0.5) is 0 Å². The van der Waals surface area contributed by atoms with Crippen LogP contribution < -0.4 is 4.74 Å². The van der Waals surface area contributed by atoms with Crippen LogP contribution in [-0.4, -0.2) is 27.7 Å². The zero-order chi connectivity index (χ0) is 16.7. The fourth-order valence-corrected chi connectivity index (χ4v) is 2.80. The van der Waals surface area contributed by atoms with Gasteiger partial charge in [-0.3, -0.25) is 0 Å². The molecular formula is C17H14ClN3O3. The predicted octanol–water partition coefficient (Wildman–Crippen LogP) is 3.84. The van der Waals surface area contributed by atoms with Gasteiger partial charge in [-0.15, -0.1) is 0 Å². The number of rotatable bonds is 4. The summed E-state index contributed by atoms with van der Waals surface area (Å²) in [5, 5.41) is 4.32. The van der Waals surface area contributed by atoms with Gasteiger partial charge in [-0.05, 0) is 36.5 Å². The molecule has 0 radical (unpaired) electrons. The number of ether oxygens (including phenoxy) is 2. The average molecular weight is 344 g/mol. The van der Waals surface area contributed by atoms with Crippen molar-refractivity contribution < 1.29 is 14.3 Å². The van der Waals surface area contributed by atoms with E-state index in [-0.39, 0.29) is 16.6 Å². The van der Waals surface area contributed by atoms with Gasteiger partial charge in [0.1, 0.15) is 5.75 Å². The second kappa shape index (κ2) is 5.79. The Bertz CT molecular complexity index is 934. The number of hydrogen-bond acceptors (Lipinski definition) is 5. The summed E-state index contributed by atoms with van der Waals surface area (Å²) in [6.07, 6.45) is 3.88. The van der Waals surface area contributed by atoms with E-state index in [4.69, 9.17) is 21.1 Å². The first-order valence-corrected chi connectivity index (χ1v) is 7.94. The zero-order valence-electron chi connectivity index (χ0n) is 12.9. The first kappa shape index (κ1) is 15.0. The Labute approximate surface area is 143 Å². The van der Waals surface area contributed by atoms with Gasteiger partial charge in [-0.25, -0.2) is 14.3 Å². The fraction of sp³-hybridized carbons (Fsp3) is 0.235. The van der Waals surface area contributed by atoms with Crippen molar-refractivity contribution in [3.05, 3.63) is 52.9 Å². The molecule has 0 amide bonds. The number of aromatic nitrogens is 3. The third-order valence-corrected chi connectivity index (χ3v) is 4.12. The summed E-state index contributed by atoms with van der Waals surface area (Å²) in [6.45, 7) is 0. The van der Waals surface area contributed by atoms with Crippen LogP contribution in [0.2, 0.25) is 5.15 Å². The number of esters is 1. The molecule has 1 fully saturated rings. The van der Waals surface area contributed by atoms with Crippen molar-refractivity contribution in [2.45, 2.75) is 18.8 Å². The van der Waals surface area contributed by atoms with Crippen molar-refractivity contribution in [2.75, 3.05) is 7.11 Å². The minimum Gasteiger partial charge on any atom is -0.464 e. The highest BCUT2D eigenvalue weighted by molar-refractivity contribution is 6.29. The van der Waals surface area contributed by atoms with Gasteiger partial charge in [0.25, 0.3) is 0 Å². The van der Waals surface area contributed by atoms with E-state index in [1.807, 2.05) is 18.2 Å². The Hall–Kier alpha value is -2.60. The van der Waals surface area contributed by atoms with Crippen molar-refractivity contribution in [1.29, 1.82) is 0 Å². The van der Waals surface area contributed by atoms with Crippen molar-refractivity contribution in [2.24, 2.45) is 0 Å². The normalized spacial score (nSPS) is 13.9. The molecule has 2 heterocycles. The number of halogens is 1. The first-order chi connectivity index (χ1) is 11.7. The summed E-state index contributed by atoms with van der Waals surface area (Å²) >= 11 is 5.91. The van der Waals surface area contributed by atoms with E-state index in [1.165, 1.54) is 36.2 Å². The number of methoxy groups -OCH3 is 1. The van der Waals surface area contributed by atoms with Gasteiger partial charge < -0.3 is 9.47 Å². The lowest BCUT2D eigenvalue weighted by Crippen LogP contribution is -2.12. The number of fused-ring (bicyclic) bond motifs is 1. The summed E-state index contributed by atoms with van der Waals surface area (Å²) in [7, 11) is 1.30. The van der Waals surface area contributed by atoms with Crippen LogP contribution in [0.1, 0.15) is 34.8 Å². The molecule has 4 rings (SSSR count). The highest BCUT2D eigenvalue weighted by Gasteiger charge is 2.24. The van der Waals surface area contributed by atoms with Gasteiger partial charge in [0.15, 0.2) is 22.2 Å². The van der Waals surface area contributed by atoms with Gasteiger partial charge in [0.05, 0.1) is 13.3 Å². The van der Waals surface area contributed by atoms with Crippen LogP contribution >= 0.6 is 11.6 Å². The molecule has 2 aromatic heterocycles. The molecule has 0 N–H and O–H groups in total. The molecule has 0 atom stereocenters. The van der Waals surface area contributed by atoms with Gasteiger partial charge in [-0.1, -0.05) is 23.7 Å². The molecule has 24 heavy (non-hydrogen) atoms. The Kier molecular flexibility index (Phi) is 3.61. The van der Waals surface area contributed by atoms with Gasteiger partial charge in [-0.2, -0.15) is 5.10 Å². The van der Waals surface area contributed by atoms with Crippen LogP contribution in [0.3, 0.4) is 0 Å². The minimum atomic E-state index is -0.574. The highest BCUT2D eigenvalue weighted by Crippen LogP contribution is 2.41. The topological polar surface area (TPSA) is 65.7 Å². The summed E-state index contributed by atoms with van der Waals surface area (Å²) in [4.78, 5) is 16.4. The second-order valence-electron chi connectivity index (χ2n) is 5.65. The standard InChI is InChI=1S/C17H14ClN3O3/c1-23-17(22)16-13(9-19-15-8-14(18)20-21(15)16)24-12-4-2-3-11(7-12)10-5-6-10/h2-4,7-10H,5-6H2,1H3. The van der Waals surface area contributed by atoms with Crippen molar-refractivity contribution in [3.8, 4) is 11.5 Å². The Morgan fingerprint density at radius 3 is 2.92 bits per heavy atom. The first-order valence-electron chi connectivity index (χ1n) is 7.56. The van der Waals surface area contributed by atoms with E-state index < -0.39 is 5.97 Å².